The molecule has 1 aliphatic rings. The highest BCUT2D eigenvalue weighted by atomic mass is 79.9. The molecule has 0 aromatic heterocycles. The maximum absolute atomic E-state index is 3.50. The van der Waals surface area contributed by atoms with Crippen LogP contribution in [0.1, 0.15) is 50.1 Å². The van der Waals surface area contributed by atoms with E-state index in [1.807, 2.05) is 0 Å². The van der Waals surface area contributed by atoms with Gasteiger partial charge in [0.05, 0.1) is 6.04 Å². The second kappa shape index (κ2) is 7.10. The molecule has 1 atom stereocenters. The first-order valence-electron chi connectivity index (χ1n) is 6.93. The van der Waals surface area contributed by atoms with Gasteiger partial charge in [0.25, 0.3) is 0 Å². The van der Waals surface area contributed by atoms with Crippen LogP contribution in [-0.4, -0.2) is 7.05 Å². The van der Waals surface area contributed by atoms with Gasteiger partial charge in [0.1, 0.15) is 0 Å². The summed E-state index contributed by atoms with van der Waals surface area (Å²) in [5, 5.41) is 3.47. The van der Waals surface area contributed by atoms with Gasteiger partial charge in [-0.15, -0.1) is 0 Å². The molecule has 0 fully saturated rings. The molecule has 1 aromatic rings. The Morgan fingerprint density at radius 2 is 1.78 bits per heavy atom. The van der Waals surface area contributed by atoms with Crippen molar-refractivity contribution in [2.24, 2.45) is 0 Å². The summed E-state index contributed by atoms with van der Waals surface area (Å²) in [6.07, 6.45) is 10.4. The first-order valence-corrected chi connectivity index (χ1v) is 7.72. The highest BCUT2D eigenvalue weighted by Crippen LogP contribution is 2.29. The Balaban J connectivity index is 2.18. The molecule has 98 valence electrons. The van der Waals surface area contributed by atoms with Crippen molar-refractivity contribution < 1.29 is 0 Å². The Kier molecular flexibility index (Phi) is 5.45. The normalized spacial score (nSPS) is 21.6. The van der Waals surface area contributed by atoms with Crippen molar-refractivity contribution in [2.45, 2.75) is 44.6 Å². The van der Waals surface area contributed by atoms with E-state index in [0.29, 0.717) is 6.04 Å². The van der Waals surface area contributed by atoms with Gasteiger partial charge in [-0.2, -0.15) is 0 Å². The number of nitrogens with one attached hydrogen (secondary N) is 1. The lowest BCUT2D eigenvalue weighted by Gasteiger charge is -2.22. The van der Waals surface area contributed by atoms with Crippen LogP contribution >= 0.6 is 15.9 Å². The molecule has 1 aliphatic carbocycles. The van der Waals surface area contributed by atoms with Gasteiger partial charge in [0.2, 0.25) is 0 Å². The summed E-state index contributed by atoms with van der Waals surface area (Å²) in [5.41, 5.74) is 2.94. The van der Waals surface area contributed by atoms with Crippen molar-refractivity contribution >= 4 is 15.9 Å². The summed E-state index contributed by atoms with van der Waals surface area (Å²) in [7, 11) is 2.06. The quantitative estimate of drug-likeness (QED) is 0.776. The van der Waals surface area contributed by atoms with E-state index in [9.17, 15) is 0 Å². The van der Waals surface area contributed by atoms with Crippen LogP contribution < -0.4 is 5.32 Å². The van der Waals surface area contributed by atoms with Crippen molar-refractivity contribution in [3.8, 4) is 0 Å². The molecule has 1 nitrogen and oxygen atoms in total. The number of hydrogen-bond donors (Lipinski definition) is 1. The summed E-state index contributed by atoms with van der Waals surface area (Å²) in [5.74, 6) is 0. The SMILES string of the molecule is CNC(/C1=C/CCCCCC1)c1ccc(Br)cc1. The summed E-state index contributed by atoms with van der Waals surface area (Å²) < 4.78 is 1.15. The van der Waals surface area contributed by atoms with Crippen LogP contribution in [0.25, 0.3) is 0 Å². The summed E-state index contributed by atoms with van der Waals surface area (Å²) >= 11 is 3.50. The summed E-state index contributed by atoms with van der Waals surface area (Å²) in [6, 6.07) is 9.07. The molecule has 2 heteroatoms. The highest BCUT2D eigenvalue weighted by molar-refractivity contribution is 9.10. The first-order chi connectivity index (χ1) is 8.81. The van der Waals surface area contributed by atoms with Crippen LogP contribution in [0.4, 0.5) is 0 Å². The summed E-state index contributed by atoms with van der Waals surface area (Å²) in [6.45, 7) is 0. The highest BCUT2D eigenvalue weighted by Gasteiger charge is 2.15. The fourth-order valence-corrected chi connectivity index (χ4v) is 2.96. The van der Waals surface area contributed by atoms with Crippen LogP contribution in [0.5, 0.6) is 0 Å². The molecule has 0 amide bonds. The number of benzene rings is 1. The van der Waals surface area contributed by atoms with Crippen LogP contribution in [0.3, 0.4) is 0 Å². The first kappa shape index (κ1) is 13.8. The molecule has 0 spiro atoms. The Labute approximate surface area is 119 Å². The van der Waals surface area contributed by atoms with Gasteiger partial charge >= 0.3 is 0 Å². The average Bonchev–Trinajstić information content (AvgIpc) is 2.34. The molecular formula is C16H22BrN. The van der Waals surface area contributed by atoms with Crippen molar-refractivity contribution in [1.29, 1.82) is 0 Å². The maximum atomic E-state index is 3.50. The fraction of sp³-hybridized carbons (Fsp3) is 0.500. The maximum Gasteiger partial charge on any atom is 0.0533 e. The molecule has 0 saturated carbocycles. The van der Waals surface area contributed by atoms with E-state index in [2.05, 4.69) is 58.6 Å². The van der Waals surface area contributed by atoms with Gasteiger partial charge in [-0.05, 0) is 50.4 Å². The van der Waals surface area contributed by atoms with Crippen molar-refractivity contribution in [1.82, 2.24) is 5.32 Å². The lowest BCUT2D eigenvalue weighted by atomic mass is 9.91. The zero-order chi connectivity index (χ0) is 12.8. The second-order valence-electron chi connectivity index (χ2n) is 5.01. The van der Waals surface area contributed by atoms with Crippen LogP contribution in [0.2, 0.25) is 0 Å². The Morgan fingerprint density at radius 3 is 2.50 bits per heavy atom. The van der Waals surface area contributed by atoms with E-state index in [0.717, 1.165) is 4.47 Å². The van der Waals surface area contributed by atoms with Gasteiger partial charge in [-0.3, -0.25) is 0 Å². The number of likely N-dealkylation sites (N-methyl/N-ethyl adjacent to an activating group) is 1. The molecule has 0 radical (unpaired) electrons. The zero-order valence-electron chi connectivity index (χ0n) is 11.1. The van der Waals surface area contributed by atoms with E-state index < -0.39 is 0 Å². The van der Waals surface area contributed by atoms with E-state index in [4.69, 9.17) is 0 Å². The minimum absolute atomic E-state index is 0.385. The summed E-state index contributed by atoms with van der Waals surface area (Å²) in [4.78, 5) is 0. The van der Waals surface area contributed by atoms with Gasteiger partial charge in [-0.1, -0.05) is 52.6 Å². The smallest absolute Gasteiger partial charge is 0.0533 e. The van der Waals surface area contributed by atoms with Gasteiger partial charge in [0.15, 0.2) is 0 Å². The van der Waals surface area contributed by atoms with Crippen molar-refractivity contribution in [3.63, 3.8) is 0 Å². The largest absolute Gasteiger partial charge is 0.310 e. The monoisotopic (exact) mass is 307 g/mol. The molecule has 1 N–H and O–H groups in total. The Hall–Kier alpha value is -0.600. The molecule has 0 aliphatic heterocycles. The third-order valence-electron chi connectivity index (χ3n) is 3.69. The molecule has 1 unspecified atom stereocenters. The standard InChI is InChI=1S/C16H22BrN/c1-18-16(14-9-11-15(17)12-10-14)13-7-5-3-2-4-6-8-13/h7,9-12,16,18H,2-6,8H2,1H3/b13-7+. The number of hydrogen-bond acceptors (Lipinski definition) is 1. The second-order valence-corrected chi connectivity index (χ2v) is 5.92. The molecule has 18 heavy (non-hydrogen) atoms. The molecule has 1 aromatic carbocycles. The molecule has 0 bridgehead atoms. The third kappa shape index (κ3) is 3.69. The predicted molar refractivity (Wildman–Crippen MR) is 81.7 cm³/mol. The van der Waals surface area contributed by atoms with Crippen LogP contribution in [-0.2, 0) is 0 Å². The van der Waals surface area contributed by atoms with Gasteiger partial charge in [0, 0.05) is 4.47 Å². The minimum Gasteiger partial charge on any atom is -0.310 e. The lowest BCUT2D eigenvalue weighted by molar-refractivity contribution is 0.574. The topological polar surface area (TPSA) is 12.0 Å². The molecule has 0 saturated heterocycles. The average molecular weight is 308 g/mol. The number of rotatable bonds is 3. The lowest BCUT2D eigenvalue weighted by Crippen LogP contribution is -2.19. The van der Waals surface area contributed by atoms with E-state index >= 15 is 0 Å². The Bertz CT molecular complexity index is 394. The minimum atomic E-state index is 0.385. The van der Waals surface area contributed by atoms with Gasteiger partial charge in [-0.25, -0.2) is 0 Å². The number of halogens is 1. The Morgan fingerprint density at radius 1 is 1.06 bits per heavy atom. The molecule has 0 heterocycles. The molecule has 2 rings (SSSR count). The predicted octanol–water partition coefficient (Wildman–Crippen LogP) is 4.99. The van der Waals surface area contributed by atoms with Gasteiger partial charge < -0.3 is 5.32 Å². The molecular weight excluding hydrogens is 286 g/mol. The van der Waals surface area contributed by atoms with Crippen LogP contribution in [0, 0.1) is 0 Å². The van der Waals surface area contributed by atoms with Crippen molar-refractivity contribution in [2.75, 3.05) is 7.05 Å². The van der Waals surface area contributed by atoms with Crippen LogP contribution in [0.15, 0.2) is 40.4 Å². The van der Waals surface area contributed by atoms with Crippen molar-refractivity contribution in [3.05, 3.63) is 46.0 Å². The zero-order valence-corrected chi connectivity index (χ0v) is 12.7. The third-order valence-corrected chi connectivity index (χ3v) is 4.22. The van der Waals surface area contributed by atoms with E-state index in [1.165, 1.54) is 44.1 Å². The van der Waals surface area contributed by atoms with E-state index in [-0.39, 0.29) is 0 Å². The number of allylic oxidation sites excluding steroid dienone is 1. The fourth-order valence-electron chi connectivity index (χ4n) is 2.70. The van der Waals surface area contributed by atoms with E-state index in [1.54, 1.807) is 5.57 Å².